The number of nitrogens with one attached hydrogen (secondary N) is 1. The topological polar surface area (TPSA) is 24.9 Å². The SMILES string of the molecule is CCC(C)CC(CC)Nc1cccnc1C. The molecule has 0 bridgehead atoms. The maximum Gasteiger partial charge on any atom is 0.0603 e. The van der Waals surface area contributed by atoms with Crippen molar-refractivity contribution in [2.75, 3.05) is 5.32 Å². The predicted molar refractivity (Wildman–Crippen MR) is 70.7 cm³/mol. The minimum atomic E-state index is 0.567. The Labute approximate surface area is 99.5 Å². The van der Waals surface area contributed by atoms with Crippen molar-refractivity contribution in [3.8, 4) is 0 Å². The van der Waals surface area contributed by atoms with Gasteiger partial charge in [-0.3, -0.25) is 4.98 Å². The minimum absolute atomic E-state index is 0.567. The summed E-state index contributed by atoms with van der Waals surface area (Å²) in [7, 11) is 0. The van der Waals surface area contributed by atoms with Gasteiger partial charge < -0.3 is 5.32 Å². The van der Waals surface area contributed by atoms with Gasteiger partial charge in [0, 0.05) is 12.2 Å². The summed E-state index contributed by atoms with van der Waals surface area (Å²) < 4.78 is 0. The second-order valence-electron chi connectivity index (χ2n) is 4.64. The van der Waals surface area contributed by atoms with Crippen molar-refractivity contribution in [2.24, 2.45) is 5.92 Å². The van der Waals surface area contributed by atoms with E-state index in [4.69, 9.17) is 0 Å². The Morgan fingerprint density at radius 3 is 2.62 bits per heavy atom. The highest BCUT2D eigenvalue weighted by Gasteiger charge is 2.11. The zero-order valence-corrected chi connectivity index (χ0v) is 11.0. The summed E-state index contributed by atoms with van der Waals surface area (Å²) >= 11 is 0. The van der Waals surface area contributed by atoms with Gasteiger partial charge in [0.2, 0.25) is 0 Å². The fraction of sp³-hybridized carbons (Fsp3) is 0.643. The van der Waals surface area contributed by atoms with Crippen LogP contribution in [0.5, 0.6) is 0 Å². The van der Waals surface area contributed by atoms with E-state index in [9.17, 15) is 0 Å². The van der Waals surface area contributed by atoms with E-state index in [0.29, 0.717) is 6.04 Å². The molecular formula is C14H24N2. The van der Waals surface area contributed by atoms with E-state index in [-0.39, 0.29) is 0 Å². The number of pyridine rings is 1. The van der Waals surface area contributed by atoms with E-state index in [0.717, 1.165) is 11.6 Å². The molecule has 1 aromatic heterocycles. The molecule has 2 unspecified atom stereocenters. The molecule has 0 fully saturated rings. The lowest BCUT2D eigenvalue weighted by atomic mass is 9.97. The van der Waals surface area contributed by atoms with Crippen LogP contribution in [-0.2, 0) is 0 Å². The fourth-order valence-electron chi connectivity index (χ4n) is 1.84. The van der Waals surface area contributed by atoms with Crippen molar-refractivity contribution >= 4 is 5.69 Å². The molecular weight excluding hydrogens is 196 g/mol. The first-order valence-electron chi connectivity index (χ1n) is 6.35. The molecule has 0 aliphatic carbocycles. The number of anilines is 1. The van der Waals surface area contributed by atoms with Crippen LogP contribution in [0.25, 0.3) is 0 Å². The number of rotatable bonds is 6. The maximum absolute atomic E-state index is 4.30. The molecule has 1 N–H and O–H groups in total. The van der Waals surface area contributed by atoms with Gasteiger partial charge >= 0.3 is 0 Å². The van der Waals surface area contributed by atoms with E-state index < -0.39 is 0 Å². The van der Waals surface area contributed by atoms with Gasteiger partial charge in [0.15, 0.2) is 0 Å². The average molecular weight is 220 g/mol. The molecule has 0 saturated heterocycles. The molecule has 16 heavy (non-hydrogen) atoms. The van der Waals surface area contributed by atoms with E-state index in [2.05, 4.69) is 44.1 Å². The van der Waals surface area contributed by atoms with Crippen LogP contribution in [0.4, 0.5) is 5.69 Å². The van der Waals surface area contributed by atoms with Gasteiger partial charge in [-0.2, -0.15) is 0 Å². The Balaban J connectivity index is 2.60. The van der Waals surface area contributed by atoms with E-state index in [1.165, 1.54) is 24.9 Å². The summed E-state index contributed by atoms with van der Waals surface area (Å²) in [5.41, 5.74) is 2.27. The van der Waals surface area contributed by atoms with Crippen LogP contribution in [0.15, 0.2) is 18.3 Å². The number of hydrogen-bond donors (Lipinski definition) is 1. The highest BCUT2D eigenvalue weighted by atomic mass is 14.9. The highest BCUT2D eigenvalue weighted by molar-refractivity contribution is 5.47. The Kier molecular flexibility index (Phi) is 5.30. The first-order valence-corrected chi connectivity index (χ1v) is 6.35. The lowest BCUT2D eigenvalue weighted by molar-refractivity contribution is 0.461. The molecule has 1 rings (SSSR count). The smallest absolute Gasteiger partial charge is 0.0603 e. The lowest BCUT2D eigenvalue weighted by Gasteiger charge is -2.22. The summed E-state index contributed by atoms with van der Waals surface area (Å²) in [6.45, 7) is 8.87. The molecule has 2 heteroatoms. The molecule has 2 nitrogen and oxygen atoms in total. The third-order valence-electron chi connectivity index (χ3n) is 3.24. The van der Waals surface area contributed by atoms with Crippen molar-refractivity contribution in [3.05, 3.63) is 24.0 Å². The van der Waals surface area contributed by atoms with E-state index in [1.807, 2.05) is 12.3 Å². The summed E-state index contributed by atoms with van der Waals surface area (Å²) in [5, 5.41) is 3.60. The van der Waals surface area contributed by atoms with E-state index in [1.54, 1.807) is 0 Å². The molecule has 0 aliphatic heterocycles. The van der Waals surface area contributed by atoms with Crippen LogP contribution in [0.1, 0.15) is 45.7 Å². The average Bonchev–Trinajstić information content (AvgIpc) is 2.30. The minimum Gasteiger partial charge on any atom is -0.381 e. The van der Waals surface area contributed by atoms with Crippen molar-refractivity contribution in [2.45, 2.75) is 53.0 Å². The fourth-order valence-corrected chi connectivity index (χ4v) is 1.84. The Bertz CT molecular complexity index is 309. The van der Waals surface area contributed by atoms with Gasteiger partial charge in [0.05, 0.1) is 11.4 Å². The van der Waals surface area contributed by atoms with Crippen molar-refractivity contribution in [3.63, 3.8) is 0 Å². The monoisotopic (exact) mass is 220 g/mol. The molecule has 0 amide bonds. The van der Waals surface area contributed by atoms with Crippen molar-refractivity contribution < 1.29 is 0 Å². The number of hydrogen-bond acceptors (Lipinski definition) is 2. The van der Waals surface area contributed by atoms with Gasteiger partial charge in [-0.05, 0) is 37.8 Å². The lowest BCUT2D eigenvalue weighted by Crippen LogP contribution is -2.21. The third kappa shape index (κ3) is 3.84. The molecule has 1 aromatic rings. The second kappa shape index (κ2) is 6.51. The van der Waals surface area contributed by atoms with Gasteiger partial charge in [-0.25, -0.2) is 0 Å². The summed E-state index contributed by atoms with van der Waals surface area (Å²) in [5.74, 6) is 0.787. The number of nitrogens with zero attached hydrogens (tertiary/aromatic N) is 1. The Hall–Kier alpha value is -1.05. The molecule has 2 atom stereocenters. The van der Waals surface area contributed by atoms with Crippen molar-refractivity contribution in [1.29, 1.82) is 0 Å². The Morgan fingerprint density at radius 1 is 1.31 bits per heavy atom. The van der Waals surface area contributed by atoms with Crippen LogP contribution >= 0.6 is 0 Å². The largest absolute Gasteiger partial charge is 0.381 e. The molecule has 0 spiro atoms. The van der Waals surface area contributed by atoms with Crippen LogP contribution in [0.2, 0.25) is 0 Å². The van der Waals surface area contributed by atoms with Crippen LogP contribution in [0, 0.1) is 12.8 Å². The van der Waals surface area contributed by atoms with Crippen LogP contribution < -0.4 is 5.32 Å². The maximum atomic E-state index is 4.30. The van der Waals surface area contributed by atoms with Crippen LogP contribution in [0.3, 0.4) is 0 Å². The molecule has 1 heterocycles. The first kappa shape index (κ1) is 13.0. The summed E-state index contributed by atoms with van der Waals surface area (Å²) in [6, 6.07) is 4.67. The van der Waals surface area contributed by atoms with Gasteiger partial charge in [-0.15, -0.1) is 0 Å². The van der Waals surface area contributed by atoms with Crippen LogP contribution in [-0.4, -0.2) is 11.0 Å². The van der Waals surface area contributed by atoms with Crippen molar-refractivity contribution in [1.82, 2.24) is 4.98 Å². The third-order valence-corrected chi connectivity index (χ3v) is 3.24. The molecule has 0 saturated carbocycles. The predicted octanol–water partition coefficient (Wildman–Crippen LogP) is 4.02. The zero-order chi connectivity index (χ0) is 12.0. The zero-order valence-electron chi connectivity index (χ0n) is 11.0. The summed E-state index contributed by atoms with van der Waals surface area (Å²) in [4.78, 5) is 4.30. The second-order valence-corrected chi connectivity index (χ2v) is 4.64. The Morgan fingerprint density at radius 2 is 2.06 bits per heavy atom. The molecule has 0 radical (unpaired) electrons. The number of aryl methyl sites for hydroxylation is 1. The van der Waals surface area contributed by atoms with Gasteiger partial charge in [0.25, 0.3) is 0 Å². The molecule has 90 valence electrons. The standard InChI is InChI=1S/C14H24N2/c1-5-11(3)10-13(6-2)16-14-8-7-9-15-12(14)4/h7-9,11,13,16H,5-6,10H2,1-4H3. The summed E-state index contributed by atoms with van der Waals surface area (Å²) in [6.07, 6.45) is 5.50. The molecule has 0 aliphatic rings. The first-order chi connectivity index (χ1) is 7.67. The van der Waals surface area contributed by atoms with Gasteiger partial charge in [-0.1, -0.05) is 27.2 Å². The molecule has 0 aromatic carbocycles. The quantitative estimate of drug-likeness (QED) is 0.783. The van der Waals surface area contributed by atoms with Gasteiger partial charge in [0.1, 0.15) is 0 Å². The normalized spacial score (nSPS) is 14.5. The highest BCUT2D eigenvalue weighted by Crippen LogP contribution is 2.18. The number of aromatic nitrogens is 1. The van der Waals surface area contributed by atoms with E-state index >= 15 is 0 Å².